The monoisotopic (exact) mass is 468 g/mol. The first kappa shape index (κ1) is 23.3. The van der Waals surface area contributed by atoms with Crippen molar-refractivity contribution in [3.8, 4) is 0 Å². The van der Waals surface area contributed by atoms with Crippen LogP contribution in [-0.4, -0.2) is 56.3 Å². The molecule has 2 N–H and O–H groups in total. The number of hydrogen-bond acceptors (Lipinski definition) is 4. The molecular formula is C25H32N4O3S. The summed E-state index contributed by atoms with van der Waals surface area (Å²) in [6.07, 6.45) is 4.80. The van der Waals surface area contributed by atoms with E-state index in [9.17, 15) is 13.2 Å². The zero-order valence-corrected chi connectivity index (χ0v) is 20.1. The van der Waals surface area contributed by atoms with Crippen molar-refractivity contribution in [1.82, 2.24) is 14.6 Å². The van der Waals surface area contributed by atoms with E-state index in [-0.39, 0.29) is 10.8 Å². The number of rotatable bonds is 9. The highest BCUT2D eigenvalue weighted by Crippen LogP contribution is 2.28. The lowest BCUT2D eigenvalue weighted by atomic mass is 10.1. The lowest BCUT2D eigenvalue weighted by molar-refractivity contribution is 0.0954. The molecule has 0 saturated carbocycles. The number of fused-ring (bicyclic) bond motifs is 1. The molecule has 7 nitrogen and oxygen atoms in total. The fourth-order valence-electron chi connectivity index (χ4n) is 4.55. The van der Waals surface area contributed by atoms with Gasteiger partial charge >= 0.3 is 0 Å². The van der Waals surface area contributed by atoms with Crippen molar-refractivity contribution in [3.63, 3.8) is 0 Å². The fourth-order valence-corrected chi connectivity index (χ4v) is 6.03. The van der Waals surface area contributed by atoms with Gasteiger partial charge in [-0.1, -0.05) is 32.0 Å². The van der Waals surface area contributed by atoms with Gasteiger partial charge in [-0.15, -0.1) is 0 Å². The van der Waals surface area contributed by atoms with Gasteiger partial charge in [-0.25, -0.2) is 8.42 Å². The molecule has 1 fully saturated rings. The van der Waals surface area contributed by atoms with Crippen LogP contribution in [0.1, 0.15) is 42.6 Å². The Bertz CT molecular complexity index is 1230. The molecule has 1 saturated heterocycles. The molecule has 2 heterocycles. The SMILES string of the molecule is CCN(CC)S(=O)(=O)c1ccc(N2CCCC2)c(C(=O)NCCc2c[nH]c3ccccc23)c1. The molecule has 33 heavy (non-hydrogen) atoms. The van der Waals surface area contributed by atoms with Crippen LogP contribution in [0.3, 0.4) is 0 Å². The first-order valence-electron chi connectivity index (χ1n) is 11.7. The summed E-state index contributed by atoms with van der Waals surface area (Å²) < 4.78 is 27.6. The van der Waals surface area contributed by atoms with Crippen LogP contribution in [0.15, 0.2) is 53.6 Å². The van der Waals surface area contributed by atoms with Crippen molar-refractivity contribution in [2.24, 2.45) is 0 Å². The largest absolute Gasteiger partial charge is 0.371 e. The highest BCUT2D eigenvalue weighted by Gasteiger charge is 2.26. The van der Waals surface area contributed by atoms with E-state index in [1.165, 1.54) is 4.31 Å². The quantitative estimate of drug-likeness (QED) is 0.501. The maximum absolute atomic E-state index is 13.2. The normalized spacial score (nSPS) is 14.3. The summed E-state index contributed by atoms with van der Waals surface area (Å²) in [7, 11) is -3.65. The Balaban J connectivity index is 1.57. The predicted octanol–water partition coefficient (Wildman–Crippen LogP) is 3.77. The average Bonchev–Trinajstić information content (AvgIpc) is 3.50. The van der Waals surface area contributed by atoms with Crippen LogP contribution in [0.25, 0.3) is 10.9 Å². The number of nitrogens with one attached hydrogen (secondary N) is 2. The van der Waals surface area contributed by atoms with E-state index in [0.717, 1.165) is 48.1 Å². The first-order chi connectivity index (χ1) is 16.0. The van der Waals surface area contributed by atoms with Crippen molar-refractivity contribution < 1.29 is 13.2 Å². The number of H-pyrrole nitrogens is 1. The Labute approximate surface area is 195 Å². The van der Waals surface area contributed by atoms with Gasteiger partial charge in [-0.2, -0.15) is 4.31 Å². The minimum Gasteiger partial charge on any atom is -0.371 e. The number of sulfonamides is 1. The number of aromatic amines is 1. The molecule has 0 spiro atoms. The number of benzene rings is 2. The van der Waals surface area contributed by atoms with E-state index in [2.05, 4.69) is 21.3 Å². The summed E-state index contributed by atoms with van der Waals surface area (Å²) in [5.74, 6) is -0.242. The standard InChI is InChI=1S/C25H32N4O3S/c1-3-29(4-2)33(31,32)20-11-12-24(28-15-7-8-16-28)22(17-20)25(30)26-14-13-19-18-27-23-10-6-5-9-21(19)23/h5-6,9-12,17-18,27H,3-4,7-8,13-16H2,1-2H3,(H,26,30). The molecular weight excluding hydrogens is 436 g/mol. The Morgan fingerprint density at radius 1 is 1.09 bits per heavy atom. The second kappa shape index (κ2) is 9.97. The summed E-state index contributed by atoms with van der Waals surface area (Å²) in [6.45, 7) is 6.62. The number of para-hydroxylation sites is 1. The Hall–Kier alpha value is -2.84. The number of anilines is 1. The van der Waals surface area contributed by atoms with Gasteiger partial charge in [-0.3, -0.25) is 4.79 Å². The van der Waals surface area contributed by atoms with E-state index in [1.54, 1.807) is 18.2 Å². The summed E-state index contributed by atoms with van der Waals surface area (Å²) in [6, 6.07) is 13.0. The lowest BCUT2D eigenvalue weighted by Crippen LogP contribution is -2.32. The third kappa shape index (κ3) is 4.77. The smallest absolute Gasteiger partial charge is 0.253 e. The highest BCUT2D eigenvalue weighted by atomic mass is 32.2. The number of aromatic nitrogens is 1. The molecule has 4 rings (SSSR count). The van der Waals surface area contributed by atoms with Gasteiger partial charge in [0.1, 0.15) is 0 Å². The van der Waals surface area contributed by atoms with E-state index >= 15 is 0 Å². The minimum absolute atomic E-state index is 0.163. The average molecular weight is 469 g/mol. The van der Waals surface area contributed by atoms with Crippen molar-refractivity contribution in [2.45, 2.75) is 38.0 Å². The molecule has 0 unspecified atom stereocenters. The Morgan fingerprint density at radius 2 is 1.82 bits per heavy atom. The third-order valence-corrected chi connectivity index (χ3v) is 8.40. The van der Waals surface area contributed by atoms with Gasteiger partial charge in [0.25, 0.3) is 5.91 Å². The molecule has 0 bridgehead atoms. The van der Waals surface area contributed by atoms with E-state index in [0.29, 0.717) is 31.6 Å². The fraction of sp³-hybridized carbons (Fsp3) is 0.400. The molecule has 176 valence electrons. The summed E-state index contributed by atoms with van der Waals surface area (Å²) >= 11 is 0. The molecule has 2 aromatic carbocycles. The van der Waals surface area contributed by atoms with Crippen LogP contribution in [-0.2, 0) is 16.4 Å². The van der Waals surface area contributed by atoms with Crippen LogP contribution >= 0.6 is 0 Å². The van der Waals surface area contributed by atoms with Gasteiger partial charge in [0.15, 0.2) is 0 Å². The summed E-state index contributed by atoms with van der Waals surface area (Å²) in [5, 5.41) is 4.16. The number of nitrogens with zero attached hydrogens (tertiary/aromatic N) is 2. The first-order valence-corrected chi connectivity index (χ1v) is 13.1. The van der Waals surface area contributed by atoms with Crippen molar-refractivity contribution >= 4 is 32.5 Å². The van der Waals surface area contributed by atoms with E-state index in [1.807, 2.05) is 38.2 Å². The second-order valence-electron chi connectivity index (χ2n) is 8.33. The van der Waals surface area contributed by atoms with Crippen molar-refractivity contribution in [2.75, 3.05) is 37.6 Å². The molecule has 3 aromatic rings. The van der Waals surface area contributed by atoms with Crippen LogP contribution in [0.5, 0.6) is 0 Å². The highest BCUT2D eigenvalue weighted by molar-refractivity contribution is 7.89. The minimum atomic E-state index is -3.65. The van der Waals surface area contributed by atoms with E-state index in [4.69, 9.17) is 0 Å². The van der Waals surface area contributed by atoms with Gasteiger partial charge < -0.3 is 15.2 Å². The lowest BCUT2D eigenvalue weighted by Gasteiger charge is -2.23. The summed E-state index contributed by atoms with van der Waals surface area (Å²) in [4.78, 5) is 18.8. The van der Waals surface area contributed by atoms with Gasteiger partial charge in [-0.05, 0) is 49.1 Å². The van der Waals surface area contributed by atoms with Crippen molar-refractivity contribution in [3.05, 3.63) is 59.8 Å². The number of carbonyl (C=O) groups excluding carboxylic acids is 1. The van der Waals surface area contributed by atoms with Gasteiger partial charge in [0.05, 0.1) is 10.5 Å². The third-order valence-electron chi connectivity index (χ3n) is 6.36. The number of amides is 1. The molecule has 1 amide bonds. The van der Waals surface area contributed by atoms with Crippen LogP contribution in [0.4, 0.5) is 5.69 Å². The predicted molar refractivity (Wildman–Crippen MR) is 132 cm³/mol. The summed E-state index contributed by atoms with van der Waals surface area (Å²) in [5.41, 5.74) is 3.44. The van der Waals surface area contributed by atoms with Gasteiger partial charge in [0.2, 0.25) is 10.0 Å². The molecule has 1 aromatic heterocycles. The van der Waals surface area contributed by atoms with Gasteiger partial charge in [0, 0.05) is 55.5 Å². The topological polar surface area (TPSA) is 85.5 Å². The van der Waals surface area contributed by atoms with Crippen molar-refractivity contribution in [1.29, 1.82) is 0 Å². The maximum Gasteiger partial charge on any atom is 0.253 e. The van der Waals surface area contributed by atoms with Crippen LogP contribution in [0.2, 0.25) is 0 Å². The van der Waals surface area contributed by atoms with Crippen LogP contribution < -0.4 is 10.2 Å². The Kier molecular flexibility index (Phi) is 7.05. The zero-order valence-electron chi connectivity index (χ0n) is 19.3. The molecule has 8 heteroatoms. The molecule has 1 aliphatic heterocycles. The van der Waals surface area contributed by atoms with Crippen LogP contribution in [0, 0.1) is 0 Å². The number of carbonyl (C=O) groups is 1. The molecule has 0 radical (unpaired) electrons. The molecule has 1 aliphatic rings. The molecule has 0 atom stereocenters. The zero-order chi connectivity index (χ0) is 23.4. The maximum atomic E-state index is 13.2. The Morgan fingerprint density at radius 3 is 2.55 bits per heavy atom. The number of hydrogen-bond donors (Lipinski definition) is 2. The molecule has 0 aliphatic carbocycles. The second-order valence-corrected chi connectivity index (χ2v) is 10.3. The van der Waals surface area contributed by atoms with E-state index < -0.39 is 10.0 Å².